The molecule has 0 amide bonds. The Labute approximate surface area is 215 Å². The summed E-state index contributed by atoms with van der Waals surface area (Å²) in [7, 11) is 0. The first-order valence-corrected chi connectivity index (χ1v) is 12.6. The Bertz CT molecular complexity index is 1430. The molecule has 0 unspecified atom stereocenters. The number of nitrogens with zero attached hydrogens (tertiary/aromatic N) is 1. The molecule has 1 saturated heterocycles. The second kappa shape index (κ2) is 10.4. The summed E-state index contributed by atoms with van der Waals surface area (Å²) in [6.07, 6.45) is 0. The highest BCUT2D eigenvalue weighted by atomic mass is 32.1. The van der Waals surface area contributed by atoms with Gasteiger partial charge in [0.2, 0.25) is 5.78 Å². The number of phenolic OH excluding ortho intramolecular Hbond substituents is 1. The molecule has 1 aliphatic rings. The molecule has 3 aromatic carbocycles. The van der Waals surface area contributed by atoms with Crippen molar-refractivity contribution in [2.75, 3.05) is 32.9 Å². The van der Waals surface area contributed by atoms with E-state index in [4.69, 9.17) is 9.47 Å². The Morgan fingerprint density at radius 3 is 2.51 bits per heavy atom. The Hall–Kier alpha value is -3.56. The number of fused-ring (bicyclic) bond motifs is 1. The number of benzene rings is 3. The first kappa shape index (κ1) is 25.1. The van der Waals surface area contributed by atoms with E-state index in [0.29, 0.717) is 40.8 Å². The molecular weight excluding hydrogens is 503 g/mol. The molecule has 1 aromatic heterocycles. The van der Waals surface area contributed by atoms with E-state index in [1.165, 1.54) is 19.1 Å². The van der Waals surface area contributed by atoms with Crippen LogP contribution in [0.15, 0.2) is 54.6 Å². The average Bonchev–Trinajstić information content (AvgIpc) is 3.18. The minimum absolute atomic E-state index is 0.0170. The van der Waals surface area contributed by atoms with E-state index in [0.717, 1.165) is 30.5 Å². The maximum atomic E-state index is 14.6. The summed E-state index contributed by atoms with van der Waals surface area (Å²) >= 11 is 1.06. The summed E-state index contributed by atoms with van der Waals surface area (Å²) in [6, 6.07) is 13.3. The topological polar surface area (TPSA) is 59.0 Å². The monoisotopic (exact) mass is 527 g/mol. The van der Waals surface area contributed by atoms with E-state index in [9.17, 15) is 23.1 Å². The van der Waals surface area contributed by atoms with Gasteiger partial charge in [0.1, 0.15) is 40.4 Å². The van der Waals surface area contributed by atoms with Crippen LogP contribution in [0.25, 0.3) is 10.1 Å². The van der Waals surface area contributed by atoms with Gasteiger partial charge < -0.3 is 14.6 Å². The molecule has 4 aromatic rings. The highest BCUT2D eigenvalue weighted by Crippen LogP contribution is 2.43. The molecule has 0 atom stereocenters. The van der Waals surface area contributed by atoms with Crippen LogP contribution < -0.4 is 9.47 Å². The van der Waals surface area contributed by atoms with Crippen LogP contribution in [0, 0.1) is 24.5 Å². The van der Waals surface area contributed by atoms with Crippen LogP contribution >= 0.6 is 11.3 Å². The number of phenols is 1. The van der Waals surface area contributed by atoms with Crippen molar-refractivity contribution in [2.24, 2.45) is 5.92 Å². The number of ether oxygens (including phenoxy) is 2. The lowest BCUT2D eigenvalue weighted by atomic mass is 10.0. The lowest BCUT2D eigenvalue weighted by Gasteiger charge is -2.37. The second-order valence-corrected chi connectivity index (χ2v) is 10.1. The van der Waals surface area contributed by atoms with Crippen LogP contribution in [0.1, 0.15) is 20.8 Å². The summed E-state index contributed by atoms with van der Waals surface area (Å²) in [5.74, 6) is -0.908. The van der Waals surface area contributed by atoms with Crippen LogP contribution in [-0.4, -0.2) is 48.7 Å². The standard InChI is InChI=1S/C28H24F3NO4S/c1-16-10-18(30)11-23(31)25(16)26(34)28-27(22-7-2-19(33)12-24(22)37-28)36-21-5-3-20(4-6-21)35-9-8-32-14-17(13-29)15-32/h2-7,10-12,17,33H,8-9,13-15H2,1H3. The van der Waals surface area contributed by atoms with E-state index in [1.54, 1.807) is 30.3 Å². The van der Waals surface area contributed by atoms with Crippen molar-refractivity contribution in [1.29, 1.82) is 0 Å². The molecule has 0 aliphatic carbocycles. The molecular formula is C28H24F3NO4S. The molecule has 0 bridgehead atoms. The lowest BCUT2D eigenvalue weighted by molar-refractivity contribution is 0.0668. The molecule has 1 fully saturated rings. The fourth-order valence-corrected chi connectivity index (χ4v) is 5.50. The van der Waals surface area contributed by atoms with E-state index < -0.39 is 17.4 Å². The van der Waals surface area contributed by atoms with Gasteiger partial charge >= 0.3 is 0 Å². The highest BCUT2D eigenvalue weighted by Gasteiger charge is 2.27. The number of hydrogen-bond donors (Lipinski definition) is 1. The molecule has 1 N–H and O–H groups in total. The van der Waals surface area contributed by atoms with Crippen molar-refractivity contribution in [2.45, 2.75) is 6.92 Å². The fraction of sp³-hybridized carbons (Fsp3) is 0.250. The van der Waals surface area contributed by atoms with E-state index >= 15 is 0 Å². The van der Waals surface area contributed by atoms with Gasteiger partial charge in [-0.1, -0.05) is 0 Å². The van der Waals surface area contributed by atoms with Gasteiger partial charge in [-0.15, -0.1) is 11.3 Å². The molecule has 0 saturated carbocycles. The zero-order valence-electron chi connectivity index (χ0n) is 20.0. The van der Waals surface area contributed by atoms with Gasteiger partial charge in [0.15, 0.2) is 5.75 Å². The van der Waals surface area contributed by atoms with Crippen molar-refractivity contribution < 1.29 is 32.5 Å². The number of aromatic hydroxyl groups is 1. The van der Waals surface area contributed by atoms with Gasteiger partial charge in [0.05, 0.1) is 12.2 Å². The van der Waals surface area contributed by atoms with Gasteiger partial charge in [-0.2, -0.15) is 0 Å². The number of carbonyl (C=O) groups excluding carboxylic acids is 1. The highest BCUT2D eigenvalue weighted by molar-refractivity contribution is 7.21. The van der Waals surface area contributed by atoms with Crippen LogP contribution in [0.2, 0.25) is 0 Å². The molecule has 2 heterocycles. The maximum absolute atomic E-state index is 14.6. The normalized spacial score (nSPS) is 14.1. The van der Waals surface area contributed by atoms with Crippen LogP contribution in [0.4, 0.5) is 13.2 Å². The number of ketones is 1. The number of hydrogen-bond acceptors (Lipinski definition) is 6. The molecule has 5 rings (SSSR count). The zero-order valence-corrected chi connectivity index (χ0v) is 20.8. The second-order valence-electron chi connectivity index (χ2n) is 9.05. The molecule has 37 heavy (non-hydrogen) atoms. The SMILES string of the molecule is Cc1cc(F)cc(F)c1C(=O)c1sc2cc(O)ccc2c1Oc1ccc(OCCN2CC(CF)C2)cc1. The van der Waals surface area contributed by atoms with Crippen molar-refractivity contribution in [1.82, 2.24) is 4.90 Å². The van der Waals surface area contributed by atoms with Gasteiger partial charge in [-0.25, -0.2) is 8.78 Å². The van der Waals surface area contributed by atoms with Crippen LogP contribution in [0.3, 0.4) is 0 Å². The van der Waals surface area contributed by atoms with Gasteiger partial charge in [0, 0.05) is 41.7 Å². The summed E-state index contributed by atoms with van der Waals surface area (Å²) in [5.41, 5.74) is -0.0560. The molecule has 0 spiro atoms. The first-order valence-electron chi connectivity index (χ1n) is 11.8. The summed E-state index contributed by atoms with van der Waals surface area (Å²) in [6.45, 7) is 3.87. The molecule has 9 heteroatoms. The van der Waals surface area contributed by atoms with E-state index in [1.807, 2.05) is 0 Å². The number of thiophene rings is 1. The fourth-order valence-electron chi connectivity index (χ4n) is 4.39. The zero-order chi connectivity index (χ0) is 26.1. The largest absolute Gasteiger partial charge is 0.508 e. The maximum Gasteiger partial charge on any atom is 0.210 e. The minimum atomic E-state index is -0.950. The summed E-state index contributed by atoms with van der Waals surface area (Å²) in [5, 5.41) is 10.5. The van der Waals surface area contributed by atoms with Crippen LogP contribution in [-0.2, 0) is 0 Å². The molecule has 5 nitrogen and oxygen atoms in total. The van der Waals surface area contributed by atoms with E-state index in [-0.39, 0.29) is 40.1 Å². The Balaban J connectivity index is 1.37. The Morgan fingerprint density at radius 1 is 1.08 bits per heavy atom. The van der Waals surface area contributed by atoms with Crippen molar-refractivity contribution in [3.8, 4) is 23.0 Å². The number of aryl methyl sites for hydroxylation is 1. The van der Waals surface area contributed by atoms with E-state index in [2.05, 4.69) is 4.90 Å². The Kier molecular flexibility index (Phi) is 7.08. The molecule has 1 aliphatic heterocycles. The summed E-state index contributed by atoms with van der Waals surface area (Å²) in [4.78, 5) is 15.7. The number of halogens is 3. The van der Waals surface area contributed by atoms with Crippen molar-refractivity contribution in [3.63, 3.8) is 0 Å². The average molecular weight is 528 g/mol. The third-order valence-corrected chi connectivity index (χ3v) is 7.42. The third-order valence-electron chi connectivity index (χ3n) is 6.28. The lowest BCUT2D eigenvalue weighted by Crippen LogP contribution is -2.49. The Morgan fingerprint density at radius 2 is 1.81 bits per heavy atom. The predicted octanol–water partition coefficient (Wildman–Crippen LogP) is 6.50. The van der Waals surface area contributed by atoms with Gasteiger partial charge in [-0.3, -0.25) is 14.1 Å². The quantitative estimate of drug-likeness (QED) is 0.252. The third kappa shape index (κ3) is 5.28. The minimum Gasteiger partial charge on any atom is -0.508 e. The first-order chi connectivity index (χ1) is 17.8. The molecule has 192 valence electrons. The number of carbonyl (C=O) groups is 1. The number of alkyl halides is 1. The number of likely N-dealkylation sites (tertiary alicyclic amines) is 1. The van der Waals surface area contributed by atoms with Crippen LogP contribution in [0.5, 0.6) is 23.0 Å². The summed E-state index contributed by atoms with van der Waals surface area (Å²) < 4.78 is 53.3. The van der Waals surface area contributed by atoms with Crippen molar-refractivity contribution >= 4 is 27.2 Å². The molecule has 0 radical (unpaired) electrons. The van der Waals surface area contributed by atoms with Gasteiger partial charge in [-0.05, 0) is 61.0 Å². The van der Waals surface area contributed by atoms with Crippen molar-refractivity contribution in [3.05, 3.63) is 82.2 Å². The predicted molar refractivity (Wildman–Crippen MR) is 136 cm³/mol. The van der Waals surface area contributed by atoms with Gasteiger partial charge in [0.25, 0.3) is 0 Å². The smallest absolute Gasteiger partial charge is 0.210 e. The number of rotatable bonds is 9.